The summed E-state index contributed by atoms with van der Waals surface area (Å²) in [6, 6.07) is 0. The van der Waals surface area contributed by atoms with Gasteiger partial charge in [-0.1, -0.05) is 6.92 Å². The fraction of sp³-hybridized carbons (Fsp3) is 0.800. The Morgan fingerprint density at radius 1 is 1.39 bits per heavy atom. The number of rotatable bonds is 8. The predicted molar refractivity (Wildman–Crippen MR) is 66.5 cm³/mol. The topological polar surface area (TPSA) is 104 Å². The number of sulfonamides is 1. The molecule has 0 bridgehead atoms. The fourth-order valence-electron chi connectivity index (χ4n) is 1.39. The molecule has 1 amide bonds. The number of carboxylic acids is 1. The number of carbonyl (C=O) groups excluding carboxylic acids is 1. The van der Waals surface area contributed by atoms with E-state index in [0.29, 0.717) is 0 Å². The first-order chi connectivity index (χ1) is 8.20. The lowest BCUT2D eigenvalue weighted by molar-refractivity contribution is -0.137. The first-order valence-corrected chi connectivity index (χ1v) is 7.19. The highest BCUT2D eigenvalue weighted by atomic mass is 32.2. The van der Waals surface area contributed by atoms with Gasteiger partial charge in [0.2, 0.25) is 15.9 Å². The van der Waals surface area contributed by atoms with Crippen LogP contribution in [0.25, 0.3) is 0 Å². The van der Waals surface area contributed by atoms with E-state index in [2.05, 4.69) is 5.32 Å². The summed E-state index contributed by atoms with van der Waals surface area (Å²) < 4.78 is 24.6. The van der Waals surface area contributed by atoms with E-state index in [1.165, 1.54) is 14.1 Å². The molecule has 1 atom stereocenters. The van der Waals surface area contributed by atoms with Crippen LogP contribution >= 0.6 is 0 Å². The molecule has 0 rings (SSSR count). The Labute approximate surface area is 107 Å². The van der Waals surface area contributed by atoms with Crippen molar-refractivity contribution in [3.8, 4) is 0 Å². The van der Waals surface area contributed by atoms with Crippen LogP contribution in [-0.2, 0) is 19.6 Å². The highest BCUT2D eigenvalue weighted by Gasteiger charge is 2.22. The van der Waals surface area contributed by atoms with Crippen LogP contribution in [0.5, 0.6) is 0 Å². The van der Waals surface area contributed by atoms with Gasteiger partial charge in [-0.2, -0.15) is 0 Å². The van der Waals surface area contributed by atoms with Gasteiger partial charge in [-0.3, -0.25) is 9.59 Å². The number of hydrogen-bond acceptors (Lipinski definition) is 4. The molecular weight excluding hydrogens is 260 g/mol. The van der Waals surface area contributed by atoms with Crippen molar-refractivity contribution in [2.45, 2.75) is 19.8 Å². The Morgan fingerprint density at radius 3 is 2.39 bits per heavy atom. The first kappa shape index (κ1) is 16.9. The zero-order chi connectivity index (χ0) is 14.3. The molecule has 0 radical (unpaired) electrons. The zero-order valence-corrected chi connectivity index (χ0v) is 11.7. The molecule has 0 aromatic rings. The molecule has 2 N–H and O–H groups in total. The van der Waals surface area contributed by atoms with Crippen molar-refractivity contribution < 1.29 is 23.1 Å². The molecule has 0 saturated carbocycles. The maximum atomic E-state index is 11.8. The normalized spacial score (nSPS) is 13.3. The third kappa shape index (κ3) is 5.97. The van der Waals surface area contributed by atoms with Crippen LogP contribution in [0.1, 0.15) is 19.8 Å². The van der Waals surface area contributed by atoms with E-state index in [1.807, 2.05) is 0 Å². The van der Waals surface area contributed by atoms with Crippen molar-refractivity contribution in [3.05, 3.63) is 0 Å². The highest BCUT2D eigenvalue weighted by Crippen LogP contribution is 2.06. The molecule has 0 aliphatic heterocycles. The molecule has 7 nitrogen and oxygen atoms in total. The number of carboxylic acid groups (broad SMARTS) is 1. The summed E-state index contributed by atoms with van der Waals surface area (Å²) in [6.07, 6.45) is -0.117. The molecule has 0 aliphatic carbocycles. The molecule has 18 heavy (non-hydrogen) atoms. The Hall–Kier alpha value is -1.15. The molecule has 1 unspecified atom stereocenters. The van der Waals surface area contributed by atoms with E-state index in [0.717, 1.165) is 4.31 Å². The van der Waals surface area contributed by atoms with E-state index in [1.54, 1.807) is 6.92 Å². The van der Waals surface area contributed by atoms with E-state index < -0.39 is 21.9 Å². The van der Waals surface area contributed by atoms with Gasteiger partial charge in [-0.05, 0) is 6.42 Å². The Morgan fingerprint density at radius 2 is 1.94 bits per heavy atom. The summed E-state index contributed by atoms with van der Waals surface area (Å²) in [5.41, 5.74) is 0. The van der Waals surface area contributed by atoms with Gasteiger partial charge >= 0.3 is 5.97 Å². The average molecular weight is 280 g/mol. The number of amides is 1. The molecule has 106 valence electrons. The first-order valence-electron chi connectivity index (χ1n) is 5.58. The third-order valence-electron chi connectivity index (χ3n) is 2.49. The van der Waals surface area contributed by atoms with Crippen LogP contribution in [0.15, 0.2) is 0 Å². The molecule has 8 heteroatoms. The largest absolute Gasteiger partial charge is 0.481 e. The van der Waals surface area contributed by atoms with Crippen LogP contribution in [0.3, 0.4) is 0 Å². The molecule has 0 aromatic heterocycles. The Bertz CT molecular complexity index is 393. The van der Waals surface area contributed by atoms with Crippen molar-refractivity contribution in [1.29, 1.82) is 0 Å². The van der Waals surface area contributed by atoms with Gasteiger partial charge in [0.05, 0.1) is 5.75 Å². The third-order valence-corrected chi connectivity index (χ3v) is 4.40. The van der Waals surface area contributed by atoms with Gasteiger partial charge in [0.25, 0.3) is 0 Å². The van der Waals surface area contributed by atoms with Crippen molar-refractivity contribution >= 4 is 21.9 Å². The Kier molecular flexibility index (Phi) is 6.85. The quantitative estimate of drug-likeness (QED) is 0.623. The lowest BCUT2D eigenvalue weighted by Crippen LogP contribution is -2.38. The summed E-state index contributed by atoms with van der Waals surface area (Å²) in [4.78, 5) is 21.6. The predicted octanol–water partition coefficient (Wildman–Crippen LogP) is -0.505. The fourth-order valence-corrected chi connectivity index (χ4v) is 2.66. The SMILES string of the molecule is CNC(=O)C(C)CN(C)S(=O)(=O)CCCC(=O)O. The monoisotopic (exact) mass is 280 g/mol. The standard InChI is InChI=1S/C10H20N2O5S/c1-8(10(15)11-2)7-12(3)18(16,17)6-4-5-9(13)14/h8H,4-7H2,1-3H3,(H,11,15)(H,13,14). The molecule has 0 saturated heterocycles. The number of nitrogens with zero attached hydrogens (tertiary/aromatic N) is 1. The molecule has 0 aromatic carbocycles. The van der Waals surface area contributed by atoms with Crippen molar-refractivity contribution in [1.82, 2.24) is 9.62 Å². The number of nitrogens with one attached hydrogen (secondary N) is 1. The number of aliphatic carboxylic acids is 1. The van der Waals surface area contributed by atoms with Crippen LogP contribution in [0.4, 0.5) is 0 Å². The van der Waals surface area contributed by atoms with E-state index in [4.69, 9.17) is 5.11 Å². The lowest BCUT2D eigenvalue weighted by Gasteiger charge is -2.20. The second-order valence-corrected chi connectivity index (χ2v) is 6.30. The van der Waals surface area contributed by atoms with Gasteiger partial charge < -0.3 is 10.4 Å². The van der Waals surface area contributed by atoms with E-state index in [9.17, 15) is 18.0 Å². The molecule has 0 fully saturated rings. The van der Waals surface area contributed by atoms with Gasteiger partial charge in [0.1, 0.15) is 0 Å². The smallest absolute Gasteiger partial charge is 0.303 e. The molecule has 0 heterocycles. The van der Waals surface area contributed by atoms with Crippen LogP contribution in [0, 0.1) is 5.92 Å². The summed E-state index contributed by atoms with van der Waals surface area (Å²) in [6.45, 7) is 1.71. The number of hydrogen-bond donors (Lipinski definition) is 2. The average Bonchev–Trinajstić information content (AvgIpc) is 2.26. The second-order valence-electron chi connectivity index (χ2n) is 4.11. The highest BCUT2D eigenvalue weighted by molar-refractivity contribution is 7.89. The van der Waals surface area contributed by atoms with Crippen LogP contribution in [0.2, 0.25) is 0 Å². The van der Waals surface area contributed by atoms with Gasteiger partial charge in [0, 0.05) is 33.0 Å². The summed E-state index contributed by atoms with van der Waals surface area (Å²) in [5, 5.41) is 10.9. The summed E-state index contributed by atoms with van der Waals surface area (Å²) >= 11 is 0. The summed E-state index contributed by atoms with van der Waals surface area (Å²) in [7, 11) is -0.632. The lowest BCUT2D eigenvalue weighted by atomic mass is 10.2. The minimum absolute atomic E-state index is 0.0658. The minimum atomic E-state index is -3.50. The molecule has 0 spiro atoms. The van der Waals surface area contributed by atoms with E-state index in [-0.39, 0.29) is 31.0 Å². The van der Waals surface area contributed by atoms with Crippen molar-refractivity contribution in [2.75, 3.05) is 26.4 Å². The Balaban J connectivity index is 4.34. The van der Waals surface area contributed by atoms with Gasteiger partial charge in [0.15, 0.2) is 0 Å². The molecular formula is C10H20N2O5S. The van der Waals surface area contributed by atoms with Crippen molar-refractivity contribution in [2.24, 2.45) is 5.92 Å². The number of carbonyl (C=O) groups is 2. The van der Waals surface area contributed by atoms with Crippen LogP contribution < -0.4 is 5.32 Å². The zero-order valence-electron chi connectivity index (χ0n) is 10.8. The minimum Gasteiger partial charge on any atom is -0.481 e. The van der Waals surface area contributed by atoms with Crippen LogP contribution in [-0.4, -0.2) is 56.1 Å². The van der Waals surface area contributed by atoms with Gasteiger partial charge in [-0.25, -0.2) is 12.7 Å². The maximum absolute atomic E-state index is 11.8. The maximum Gasteiger partial charge on any atom is 0.303 e. The van der Waals surface area contributed by atoms with E-state index >= 15 is 0 Å². The van der Waals surface area contributed by atoms with Crippen molar-refractivity contribution in [3.63, 3.8) is 0 Å². The summed E-state index contributed by atoms with van der Waals surface area (Å²) in [5.74, 6) is -1.93. The van der Waals surface area contributed by atoms with Gasteiger partial charge in [-0.15, -0.1) is 0 Å². The molecule has 0 aliphatic rings. The second kappa shape index (κ2) is 7.32.